The molecule has 4 heteroatoms. The summed E-state index contributed by atoms with van der Waals surface area (Å²) in [7, 11) is 0. The van der Waals surface area contributed by atoms with E-state index in [9.17, 15) is 9.90 Å². The van der Waals surface area contributed by atoms with Crippen LogP contribution in [0.15, 0.2) is 0 Å². The molecule has 1 rings (SSSR count). The van der Waals surface area contributed by atoms with E-state index in [1.165, 1.54) is 12.8 Å². The normalized spacial score (nSPS) is 27.9. The van der Waals surface area contributed by atoms with Crippen LogP contribution in [0.3, 0.4) is 0 Å². The van der Waals surface area contributed by atoms with Gasteiger partial charge in [-0.2, -0.15) is 0 Å². The van der Waals surface area contributed by atoms with Crippen LogP contribution in [0.25, 0.3) is 0 Å². The first kappa shape index (κ1) is 14.5. The van der Waals surface area contributed by atoms with Crippen LogP contribution in [-0.2, 0) is 4.79 Å². The SMILES string of the molecule is CCCNC(CN1CC(C)CCC1C)C(=O)O. The molecule has 100 valence electrons. The smallest absolute Gasteiger partial charge is 0.322 e. The second-order valence-electron chi connectivity index (χ2n) is 5.33. The molecule has 0 saturated carbocycles. The molecule has 4 nitrogen and oxygen atoms in total. The fraction of sp³-hybridized carbons (Fsp3) is 0.923. The minimum Gasteiger partial charge on any atom is -0.480 e. The number of likely N-dealkylation sites (tertiary alicyclic amines) is 1. The van der Waals surface area contributed by atoms with Gasteiger partial charge >= 0.3 is 5.97 Å². The standard InChI is InChI=1S/C13H26N2O2/c1-4-7-14-12(13(16)17)9-15-8-10(2)5-6-11(15)3/h10-12,14H,4-9H2,1-3H3,(H,16,17). The number of aliphatic carboxylic acids is 1. The molecule has 1 fully saturated rings. The molecule has 1 aliphatic rings. The third-order valence-electron chi connectivity index (χ3n) is 3.60. The largest absolute Gasteiger partial charge is 0.480 e. The lowest BCUT2D eigenvalue weighted by Crippen LogP contribution is -2.51. The van der Waals surface area contributed by atoms with Gasteiger partial charge in [-0.1, -0.05) is 13.8 Å². The van der Waals surface area contributed by atoms with Crippen LogP contribution in [0.5, 0.6) is 0 Å². The van der Waals surface area contributed by atoms with Crippen molar-refractivity contribution in [3.05, 3.63) is 0 Å². The molecule has 1 heterocycles. The zero-order valence-corrected chi connectivity index (χ0v) is 11.3. The van der Waals surface area contributed by atoms with Crippen molar-refractivity contribution in [2.75, 3.05) is 19.6 Å². The summed E-state index contributed by atoms with van der Waals surface area (Å²) in [5.74, 6) is -0.0457. The van der Waals surface area contributed by atoms with Gasteiger partial charge in [0.1, 0.15) is 6.04 Å². The van der Waals surface area contributed by atoms with Gasteiger partial charge in [0.05, 0.1) is 0 Å². The Hall–Kier alpha value is -0.610. The Balaban J connectivity index is 2.49. The van der Waals surface area contributed by atoms with E-state index in [1.807, 2.05) is 0 Å². The lowest BCUT2D eigenvalue weighted by molar-refractivity contribution is -0.140. The number of nitrogens with zero attached hydrogens (tertiary/aromatic N) is 1. The molecule has 0 aromatic carbocycles. The van der Waals surface area contributed by atoms with E-state index in [0.717, 1.165) is 19.5 Å². The Labute approximate surface area is 104 Å². The fourth-order valence-corrected chi connectivity index (χ4v) is 2.42. The molecule has 0 aromatic heterocycles. The topological polar surface area (TPSA) is 52.6 Å². The van der Waals surface area contributed by atoms with Gasteiger partial charge in [0.2, 0.25) is 0 Å². The summed E-state index contributed by atoms with van der Waals surface area (Å²) < 4.78 is 0. The predicted octanol–water partition coefficient (Wildman–Crippen LogP) is 1.56. The number of hydrogen-bond donors (Lipinski definition) is 2. The number of hydrogen-bond acceptors (Lipinski definition) is 3. The number of carbonyl (C=O) groups is 1. The van der Waals surface area contributed by atoms with Crippen LogP contribution in [0.2, 0.25) is 0 Å². The first-order valence-corrected chi connectivity index (χ1v) is 6.74. The number of carboxylic acids is 1. The molecule has 0 radical (unpaired) electrons. The maximum absolute atomic E-state index is 11.2. The fourth-order valence-electron chi connectivity index (χ4n) is 2.42. The molecular formula is C13H26N2O2. The Morgan fingerprint density at radius 1 is 1.47 bits per heavy atom. The van der Waals surface area contributed by atoms with Gasteiger partial charge in [0.25, 0.3) is 0 Å². The summed E-state index contributed by atoms with van der Waals surface area (Å²) in [5.41, 5.74) is 0. The molecule has 3 atom stereocenters. The van der Waals surface area contributed by atoms with E-state index >= 15 is 0 Å². The molecule has 0 spiro atoms. The van der Waals surface area contributed by atoms with E-state index in [2.05, 4.69) is 31.0 Å². The summed E-state index contributed by atoms with van der Waals surface area (Å²) >= 11 is 0. The van der Waals surface area contributed by atoms with Crippen molar-refractivity contribution in [2.24, 2.45) is 5.92 Å². The Bertz CT molecular complexity index is 246. The number of piperidine rings is 1. The predicted molar refractivity (Wildman–Crippen MR) is 69.2 cm³/mol. The van der Waals surface area contributed by atoms with Crippen molar-refractivity contribution < 1.29 is 9.90 Å². The van der Waals surface area contributed by atoms with Crippen LogP contribution >= 0.6 is 0 Å². The molecular weight excluding hydrogens is 216 g/mol. The minimum absolute atomic E-state index is 0.428. The highest BCUT2D eigenvalue weighted by molar-refractivity contribution is 5.73. The zero-order chi connectivity index (χ0) is 12.8. The van der Waals surface area contributed by atoms with Crippen LogP contribution in [0, 0.1) is 5.92 Å². The van der Waals surface area contributed by atoms with Crippen molar-refractivity contribution in [1.29, 1.82) is 0 Å². The minimum atomic E-state index is -0.733. The second kappa shape index (κ2) is 6.97. The summed E-state index contributed by atoms with van der Waals surface area (Å²) in [5, 5.41) is 12.3. The average Bonchev–Trinajstić information content (AvgIpc) is 2.28. The van der Waals surface area contributed by atoms with E-state index < -0.39 is 12.0 Å². The highest BCUT2D eigenvalue weighted by Crippen LogP contribution is 2.21. The molecule has 17 heavy (non-hydrogen) atoms. The Morgan fingerprint density at radius 2 is 2.18 bits per heavy atom. The quantitative estimate of drug-likeness (QED) is 0.742. The Morgan fingerprint density at radius 3 is 2.76 bits per heavy atom. The zero-order valence-electron chi connectivity index (χ0n) is 11.3. The van der Waals surface area contributed by atoms with Crippen molar-refractivity contribution >= 4 is 5.97 Å². The maximum atomic E-state index is 11.2. The molecule has 0 aliphatic carbocycles. The van der Waals surface area contributed by atoms with Gasteiger partial charge in [0.15, 0.2) is 0 Å². The van der Waals surface area contributed by atoms with Gasteiger partial charge in [-0.3, -0.25) is 9.69 Å². The number of carboxylic acid groups (broad SMARTS) is 1. The lowest BCUT2D eigenvalue weighted by Gasteiger charge is -2.38. The van der Waals surface area contributed by atoms with Gasteiger partial charge in [0, 0.05) is 19.1 Å². The molecule has 0 bridgehead atoms. The van der Waals surface area contributed by atoms with E-state index in [0.29, 0.717) is 18.5 Å². The van der Waals surface area contributed by atoms with Crippen molar-refractivity contribution in [3.8, 4) is 0 Å². The van der Waals surface area contributed by atoms with Crippen molar-refractivity contribution in [2.45, 2.75) is 52.1 Å². The number of rotatable bonds is 6. The Kier molecular flexibility index (Phi) is 5.92. The van der Waals surface area contributed by atoms with E-state index in [1.54, 1.807) is 0 Å². The van der Waals surface area contributed by atoms with Crippen LogP contribution in [-0.4, -0.2) is 47.7 Å². The van der Waals surface area contributed by atoms with Crippen molar-refractivity contribution in [3.63, 3.8) is 0 Å². The average molecular weight is 242 g/mol. The molecule has 0 amide bonds. The van der Waals surface area contributed by atoms with Crippen LogP contribution < -0.4 is 5.32 Å². The lowest BCUT2D eigenvalue weighted by atomic mass is 9.94. The highest BCUT2D eigenvalue weighted by Gasteiger charge is 2.27. The summed E-state index contributed by atoms with van der Waals surface area (Å²) in [4.78, 5) is 13.5. The third kappa shape index (κ3) is 4.64. The first-order valence-electron chi connectivity index (χ1n) is 6.74. The third-order valence-corrected chi connectivity index (χ3v) is 3.60. The van der Waals surface area contributed by atoms with Gasteiger partial charge in [-0.25, -0.2) is 0 Å². The molecule has 3 unspecified atom stereocenters. The molecule has 1 saturated heterocycles. The van der Waals surface area contributed by atoms with Gasteiger partial charge in [-0.15, -0.1) is 0 Å². The summed E-state index contributed by atoms with van der Waals surface area (Å²) in [6.45, 7) is 8.92. The summed E-state index contributed by atoms with van der Waals surface area (Å²) in [6.07, 6.45) is 3.41. The van der Waals surface area contributed by atoms with E-state index in [-0.39, 0.29) is 0 Å². The van der Waals surface area contributed by atoms with Crippen molar-refractivity contribution in [1.82, 2.24) is 10.2 Å². The molecule has 2 N–H and O–H groups in total. The monoisotopic (exact) mass is 242 g/mol. The maximum Gasteiger partial charge on any atom is 0.322 e. The molecule has 0 aromatic rings. The van der Waals surface area contributed by atoms with Gasteiger partial charge in [-0.05, 0) is 38.6 Å². The molecule has 1 aliphatic heterocycles. The van der Waals surface area contributed by atoms with Crippen LogP contribution in [0.4, 0.5) is 0 Å². The number of nitrogens with one attached hydrogen (secondary N) is 1. The highest BCUT2D eigenvalue weighted by atomic mass is 16.4. The summed E-state index contributed by atoms with van der Waals surface area (Å²) in [6, 6.07) is 0.0826. The van der Waals surface area contributed by atoms with Crippen LogP contribution in [0.1, 0.15) is 40.0 Å². The first-order chi connectivity index (χ1) is 8.04. The van der Waals surface area contributed by atoms with Gasteiger partial charge < -0.3 is 10.4 Å². The second-order valence-corrected chi connectivity index (χ2v) is 5.33. The van der Waals surface area contributed by atoms with E-state index in [4.69, 9.17) is 0 Å².